The smallest absolute Gasteiger partial charge is 0.312 e. The summed E-state index contributed by atoms with van der Waals surface area (Å²) in [7, 11) is 0. The van der Waals surface area contributed by atoms with Gasteiger partial charge < -0.3 is 4.84 Å². The number of nitrogens with zero attached hydrogens (tertiary/aromatic N) is 2. The maximum Gasteiger partial charge on any atom is 0.365 e. The minimum absolute atomic E-state index is 0.243. The first-order valence-electron chi connectivity index (χ1n) is 5.08. The summed E-state index contributed by atoms with van der Waals surface area (Å²) in [6.45, 7) is 1.69. The molecule has 0 saturated heterocycles. The number of carbonyl (C=O) groups is 1. The van der Waals surface area contributed by atoms with Crippen molar-refractivity contribution in [3.63, 3.8) is 0 Å². The number of aromatic nitrogens is 1. The first kappa shape index (κ1) is 12.4. The highest BCUT2D eigenvalue weighted by molar-refractivity contribution is 7.11. The second kappa shape index (κ2) is 5.50. The van der Waals surface area contributed by atoms with Crippen molar-refractivity contribution in [3.05, 3.63) is 52.2 Å². The van der Waals surface area contributed by atoms with E-state index in [0.717, 1.165) is 0 Å². The van der Waals surface area contributed by atoms with E-state index >= 15 is 0 Å². The Balaban J connectivity index is 2.04. The predicted molar refractivity (Wildman–Crippen MR) is 66.1 cm³/mol. The molecule has 0 aliphatic carbocycles. The van der Waals surface area contributed by atoms with Gasteiger partial charge in [0.2, 0.25) is 0 Å². The number of halogens is 1. The Morgan fingerprint density at radius 3 is 2.72 bits per heavy atom. The predicted octanol–water partition coefficient (Wildman–Crippen LogP) is 2.86. The number of hydrogen-bond acceptors (Lipinski definition) is 5. The van der Waals surface area contributed by atoms with Crippen molar-refractivity contribution in [2.45, 2.75) is 6.92 Å². The van der Waals surface area contributed by atoms with Gasteiger partial charge in [0.05, 0.1) is 5.56 Å². The van der Waals surface area contributed by atoms with Crippen LogP contribution in [0.25, 0.3) is 0 Å². The van der Waals surface area contributed by atoms with Crippen LogP contribution in [-0.2, 0) is 4.84 Å². The largest absolute Gasteiger partial charge is 0.365 e. The Kier molecular flexibility index (Phi) is 3.78. The number of hydrogen-bond donors (Lipinski definition) is 0. The van der Waals surface area contributed by atoms with Crippen molar-refractivity contribution >= 4 is 23.0 Å². The van der Waals surface area contributed by atoms with Gasteiger partial charge in [-0.05, 0) is 31.2 Å². The number of oxime groups is 1. The van der Waals surface area contributed by atoms with E-state index in [0.29, 0.717) is 10.7 Å². The molecule has 4 nitrogen and oxygen atoms in total. The highest BCUT2D eigenvalue weighted by Gasteiger charge is 2.08. The normalized spacial score (nSPS) is 11.3. The monoisotopic (exact) mass is 264 g/mol. The average molecular weight is 264 g/mol. The van der Waals surface area contributed by atoms with Gasteiger partial charge in [0.15, 0.2) is 0 Å². The molecule has 1 heterocycles. The summed E-state index contributed by atoms with van der Waals surface area (Å²) in [5.74, 6) is -1.04. The van der Waals surface area contributed by atoms with E-state index in [1.165, 1.54) is 35.6 Å². The highest BCUT2D eigenvalue weighted by Crippen LogP contribution is 2.08. The maximum absolute atomic E-state index is 12.7. The van der Waals surface area contributed by atoms with Crippen LogP contribution in [0.3, 0.4) is 0 Å². The van der Waals surface area contributed by atoms with Crippen LogP contribution >= 0.6 is 11.3 Å². The Bertz CT molecular complexity index is 564. The van der Waals surface area contributed by atoms with Crippen molar-refractivity contribution in [1.29, 1.82) is 0 Å². The quantitative estimate of drug-likeness (QED) is 0.486. The third-order valence-corrected chi connectivity index (χ3v) is 2.97. The molecule has 0 aliphatic rings. The highest BCUT2D eigenvalue weighted by atomic mass is 32.1. The van der Waals surface area contributed by atoms with Crippen molar-refractivity contribution in [3.8, 4) is 0 Å². The molecule has 0 spiro atoms. The number of rotatable bonds is 3. The molecule has 0 N–H and O–H groups in total. The average Bonchev–Trinajstić information content (AvgIpc) is 2.90. The lowest BCUT2D eigenvalue weighted by Crippen LogP contribution is -2.03. The molecule has 0 bridgehead atoms. The summed E-state index contributed by atoms with van der Waals surface area (Å²) in [5.41, 5.74) is 0.757. The molecule has 0 atom stereocenters. The van der Waals surface area contributed by atoms with Gasteiger partial charge in [-0.15, -0.1) is 11.3 Å². The SMILES string of the molecule is C/C(=N/OC(=O)c1ccc(F)cc1)c1nccs1. The Labute approximate surface area is 107 Å². The lowest BCUT2D eigenvalue weighted by atomic mass is 10.2. The van der Waals surface area contributed by atoms with Gasteiger partial charge in [0.25, 0.3) is 0 Å². The zero-order chi connectivity index (χ0) is 13.0. The number of carbonyl (C=O) groups excluding carboxylic acids is 1. The summed E-state index contributed by atoms with van der Waals surface area (Å²) >= 11 is 1.40. The van der Waals surface area contributed by atoms with E-state index in [2.05, 4.69) is 10.1 Å². The van der Waals surface area contributed by atoms with E-state index in [9.17, 15) is 9.18 Å². The van der Waals surface area contributed by atoms with Gasteiger partial charge in [-0.3, -0.25) is 0 Å². The fourth-order valence-corrected chi connectivity index (χ4v) is 1.77. The fourth-order valence-electron chi connectivity index (χ4n) is 1.19. The van der Waals surface area contributed by atoms with E-state index in [1.807, 2.05) is 0 Å². The summed E-state index contributed by atoms with van der Waals surface area (Å²) in [4.78, 5) is 20.3. The molecule has 0 amide bonds. The summed E-state index contributed by atoms with van der Waals surface area (Å²) in [6, 6.07) is 5.06. The second-order valence-corrected chi connectivity index (χ2v) is 4.29. The van der Waals surface area contributed by atoms with Crippen LogP contribution in [0, 0.1) is 5.82 Å². The van der Waals surface area contributed by atoms with Gasteiger partial charge in [-0.2, -0.15) is 0 Å². The van der Waals surface area contributed by atoms with Crippen LogP contribution in [0.2, 0.25) is 0 Å². The molecular weight excluding hydrogens is 255 g/mol. The van der Waals surface area contributed by atoms with Crippen LogP contribution in [0.5, 0.6) is 0 Å². The minimum Gasteiger partial charge on any atom is -0.312 e. The van der Waals surface area contributed by atoms with E-state index in [4.69, 9.17) is 4.84 Å². The van der Waals surface area contributed by atoms with Crippen molar-refractivity contribution < 1.29 is 14.0 Å². The Morgan fingerprint density at radius 2 is 2.11 bits per heavy atom. The third kappa shape index (κ3) is 2.98. The second-order valence-electron chi connectivity index (χ2n) is 3.40. The topological polar surface area (TPSA) is 51.5 Å². The Morgan fingerprint density at radius 1 is 1.39 bits per heavy atom. The standard InChI is InChI=1S/C12H9FN2O2S/c1-8(11-14-6-7-18-11)15-17-12(16)9-2-4-10(13)5-3-9/h2-7H,1H3/b15-8-. The third-order valence-electron chi connectivity index (χ3n) is 2.09. The molecule has 6 heteroatoms. The molecule has 2 rings (SSSR count). The number of benzene rings is 1. The van der Waals surface area contributed by atoms with Gasteiger partial charge >= 0.3 is 5.97 Å². The van der Waals surface area contributed by atoms with E-state index in [-0.39, 0.29) is 5.56 Å². The minimum atomic E-state index is -0.633. The molecule has 0 radical (unpaired) electrons. The zero-order valence-corrected chi connectivity index (χ0v) is 10.3. The van der Waals surface area contributed by atoms with E-state index in [1.54, 1.807) is 18.5 Å². The molecule has 92 valence electrons. The summed E-state index contributed by atoms with van der Waals surface area (Å²) in [5, 5.41) is 6.17. The lowest BCUT2D eigenvalue weighted by molar-refractivity contribution is 0.0516. The zero-order valence-electron chi connectivity index (χ0n) is 9.46. The number of thiazole rings is 1. The maximum atomic E-state index is 12.7. The molecule has 0 saturated carbocycles. The van der Waals surface area contributed by atoms with Crippen LogP contribution in [0.15, 0.2) is 41.0 Å². The summed E-state index contributed by atoms with van der Waals surface area (Å²) in [6.07, 6.45) is 1.64. The van der Waals surface area contributed by atoms with Gasteiger partial charge in [0, 0.05) is 11.6 Å². The van der Waals surface area contributed by atoms with Gasteiger partial charge in [-0.1, -0.05) is 5.16 Å². The van der Waals surface area contributed by atoms with Crippen LogP contribution in [0.4, 0.5) is 4.39 Å². The van der Waals surface area contributed by atoms with Gasteiger partial charge in [-0.25, -0.2) is 14.2 Å². The van der Waals surface area contributed by atoms with Crippen LogP contribution in [0.1, 0.15) is 22.3 Å². The first-order valence-corrected chi connectivity index (χ1v) is 5.96. The van der Waals surface area contributed by atoms with Crippen molar-refractivity contribution in [1.82, 2.24) is 4.98 Å². The molecule has 2 aromatic rings. The van der Waals surface area contributed by atoms with Crippen molar-refractivity contribution in [2.75, 3.05) is 0 Å². The van der Waals surface area contributed by atoms with Gasteiger partial charge in [0.1, 0.15) is 16.5 Å². The molecule has 18 heavy (non-hydrogen) atoms. The van der Waals surface area contributed by atoms with Crippen LogP contribution in [-0.4, -0.2) is 16.7 Å². The van der Waals surface area contributed by atoms with Crippen LogP contribution < -0.4 is 0 Å². The van der Waals surface area contributed by atoms with Crippen molar-refractivity contribution in [2.24, 2.45) is 5.16 Å². The molecule has 1 aromatic heterocycles. The molecule has 0 aliphatic heterocycles. The Hall–Kier alpha value is -2.08. The molecule has 0 fully saturated rings. The molecular formula is C12H9FN2O2S. The molecule has 0 unspecified atom stereocenters. The summed E-state index contributed by atoms with van der Waals surface area (Å²) < 4.78 is 12.7. The first-order chi connectivity index (χ1) is 8.66. The lowest BCUT2D eigenvalue weighted by Gasteiger charge is -1.99. The molecule has 1 aromatic carbocycles. The van der Waals surface area contributed by atoms with E-state index < -0.39 is 11.8 Å². The fraction of sp³-hybridized carbons (Fsp3) is 0.0833.